The zero-order valence-corrected chi connectivity index (χ0v) is 26.0. The fraction of sp³-hybridized carbons (Fsp3) is 0.667. The van der Waals surface area contributed by atoms with Gasteiger partial charge in [-0.15, -0.1) is 0 Å². The highest BCUT2D eigenvalue weighted by molar-refractivity contribution is 5.79. The Morgan fingerprint density at radius 1 is 0.854 bits per heavy atom. The molecule has 0 spiro atoms. The molecule has 0 saturated heterocycles. The number of carboxylic acid groups (broad SMARTS) is 1. The lowest BCUT2D eigenvalue weighted by Gasteiger charge is -2.30. The van der Waals surface area contributed by atoms with Crippen LogP contribution in [0.2, 0.25) is 0 Å². The molecule has 0 aliphatic rings. The van der Waals surface area contributed by atoms with Crippen molar-refractivity contribution in [2.24, 2.45) is 22.0 Å². The molecule has 0 aromatic heterocycles. The van der Waals surface area contributed by atoms with Crippen molar-refractivity contribution < 1.29 is 48.0 Å². The van der Waals surface area contributed by atoms with Crippen LogP contribution in [0.25, 0.3) is 0 Å². The van der Waals surface area contributed by atoms with E-state index < -0.39 is 41.3 Å². The maximum absolute atomic E-state index is 12.5. The van der Waals surface area contributed by atoms with Gasteiger partial charge < -0.3 is 34.5 Å². The fourth-order valence-electron chi connectivity index (χ4n) is 3.26. The zero-order valence-electron chi connectivity index (χ0n) is 26.0. The summed E-state index contributed by atoms with van der Waals surface area (Å²) in [4.78, 5) is 49.5. The maximum Gasteiger partial charge on any atom is 0.513 e. The van der Waals surface area contributed by atoms with Crippen LogP contribution in [0, 0.1) is 16.2 Å². The van der Waals surface area contributed by atoms with E-state index in [9.17, 15) is 24.3 Å². The van der Waals surface area contributed by atoms with Gasteiger partial charge in [0.25, 0.3) is 0 Å². The molecule has 11 nitrogen and oxygen atoms in total. The van der Waals surface area contributed by atoms with Crippen LogP contribution in [0.1, 0.15) is 87.6 Å². The van der Waals surface area contributed by atoms with Crippen molar-refractivity contribution in [2.45, 2.75) is 100 Å². The van der Waals surface area contributed by atoms with Crippen LogP contribution in [0.15, 0.2) is 18.2 Å². The van der Waals surface area contributed by atoms with E-state index in [0.717, 1.165) is 0 Å². The number of carbonyl (C=O) groups is 4. The fourth-order valence-corrected chi connectivity index (χ4v) is 3.26. The first-order valence-electron chi connectivity index (χ1n) is 13.6. The quantitative estimate of drug-likeness (QED) is 0.172. The van der Waals surface area contributed by atoms with Crippen molar-refractivity contribution in [1.29, 1.82) is 0 Å². The Kier molecular flexibility index (Phi) is 12.2. The number of nitrogens with two attached hydrogens (primary N) is 1. The molecule has 0 radical (unpaired) electrons. The van der Waals surface area contributed by atoms with Crippen molar-refractivity contribution in [1.82, 2.24) is 0 Å². The van der Waals surface area contributed by atoms with Gasteiger partial charge in [0, 0.05) is 12.8 Å². The lowest BCUT2D eigenvalue weighted by Crippen LogP contribution is -2.52. The number of ether oxygens (including phenoxy) is 5. The molecule has 232 valence electrons. The van der Waals surface area contributed by atoms with Gasteiger partial charge in [-0.25, -0.2) is 9.59 Å². The van der Waals surface area contributed by atoms with Crippen LogP contribution < -0.4 is 15.2 Å². The highest BCUT2D eigenvalue weighted by Gasteiger charge is 2.38. The van der Waals surface area contributed by atoms with Crippen molar-refractivity contribution in [3.8, 4) is 11.5 Å². The third-order valence-corrected chi connectivity index (χ3v) is 5.98. The molecule has 1 unspecified atom stereocenters. The number of benzene rings is 1. The smallest absolute Gasteiger partial charge is 0.480 e. The first kappa shape index (κ1) is 35.7. The second-order valence-corrected chi connectivity index (χ2v) is 13.5. The molecular formula is C30H47NO10. The third kappa shape index (κ3) is 12.8. The van der Waals surface area contributed by atoms with Gasteiger partial charge in [-0.1, -0.05) is 54.5 Å². The first-order valence-corrected chi connectivity index (χ1v) is 13.6. The molecule has 0 bridgehead atoms. The van der Waals surface area contributed by atoms with E-state index in [1.54, 1.807) is 20.8 Å². The normalized spacial score (nSPS) is 14.3. The van der Waals surface area contributed by atoms with E-state index in [-0.39, 0.29) is 48.4 Å². The van der Waals surface area contributed by atoms with E-state index in [4.69, 9.17) is 29.4 Å². The lowest BCUT2D eigenvalue weighted by atomic mass is 9.86. The van der Waals surface area contributed by atoms with Gasteiger partial charge >= 0.3 is 24.2 Å². The molecule has 41 heavy (non-hydrogen) atoms. The number of carboxylic acids is 1. The Morgan fingerprint density at radius 2 is 1.34 bits per heavy atom. The van der Waals surface area contributed by atoms with Crippen LogP contribution in [0.3, 0.4) is 0 Å². The summed E-state index contributed by atoms with van der Waals surface area (Å²) in [7, 11) is 0. The summed E-state index contributed by atoms with van der Waals surface area (Å²) in [5, 5.41) is 9.99. The molecule has 3 N–H and O–H groups in total. The monoisotopic (exact) mass is 581 g/mol. The molecule has 0 fully saturated rings. The number of carbonyl (C=O) groups excluding carboxylic acids is 3. The van der Waals surface area contributed by atoms with E-state index in [0.29, 0.717) is 12.0 Å². The molecule has 1 rings (SSSR count). The Morgan fingerprint density at radius 3 is 1.78 bits per heavy atom. The van der Waals surface area contributed by atoms with Gasteiger partial charge in [-0.05, 0) is 55.7 Å². The Hall–Kier alpha value is -3.34. The molecular weight excluding hydrogens is 534 g/mol. The second-order valence-electron chi connectivity index (χ2n) is 13.5. The topological polar surface area (TPSA) is 161 Å². The summed E-state index contributed by atoms with van der Waals surface area (Å²) in [6, 6.07) is 4.17. The number of aliphatic carboxylic acids is 1. The second kappa shape index (κ2) is 14.0. The molecule has 1 aromatic rings. The highest BCUT2D eigenvalue weighted by Crippen LogP contribution is 2.32. The van der Waals surface area contributed by atoms with Crippen LogP contribution in [-0.2, 0) is 30.2 Å². The van der Waals surface area contributed by atoms with Gasteiger partial charge in [-0.3, -0.25) is 9.59 Å². The van der Waals surface area contributed by atoms with Crippen LogP contribution in [-0.4, -0.2) is 54.2 Å². The summed E-state index contributed by atoms with van der Waals surface area (Å²) in [6.07, 6.45) is -2.70. The van der Waals surface area contributed by atoms with Gasteiger partial charge in [0.15, 0.2) is 11.5 Å². The molecule has 0 aliphatic heterocycles. The average Bonchev–Trinajstić information content (AvgIpc) is 2.81. The summed E-state index contributed by atoms with van der Waals surface area (Å²) in [5.41, 5.74) is 3.46. The van der Waals surface area contributed by atoms with Gasteiger partial charge in [-0.2, -0.15) is 0 Å². The number of esters is 1. The number of rotatable bonds is 12. The number of hydrogen-bond donors (Lipinski definition) is 2. The lowest BCUT2D eigenvalue weighted by molar-refractivity contribution is -0.161. The molecule has 11 heteroatoms. The maximum atomic E-state index is 12.5. The highest BCUT2D eigenvalue weighted by atomic mass is 16.7. The summed E-state index contributed by atoms with van der Waals surface area (Å²) < 4.78 is 26.4. The van der Waals surface area contributed by atoms with E-state index >= 15 is 0 Å². The minimum Gasteiger partial charge on any atom is -0.480 e. The molecule has 0 heterocycles. The van der Waals surface area contributed by atoms with E-state index in [1.807, 2.05) is 48.5 Å². The third-order valence-electron chi connectivity index (χ3n) is 5.98. The minimum atomic E-state index is -1.84. The van der Waals surface area contributed by atoms with Crippen LogP contribution in [0.5, 0.6) is 11.5 Å². The zero-order chi connectivity index (χ0) is 31.8. The Balaban J connectivity index is 3.24. The van der Waals surface area contributed by atoms with Gasteiger partial charge in [0.1, 0.15) is 11.6 Å². The first-order chi connectivity index (χ1) is 18.6. The predicted octanol–water partition coefficient (Wildman–Crippen LogP) is 5.89. The predicted molar refractivity (Wildman–Crippen MR) is 152 cm³/mol. The van der Waals surface area contributed by atoms with Crippen molar-refractivity contribution >= 4 is 24.2 Å². The van der Waals surface area contributed by atoms with Gasteiger partial charge in [0.2, 0.25) is 0 Å². The van der Waals surface area contributed by atoms with Crippen LogP contribution >= 0.6 is 0 Å². The van der Waals surface area contributed by atoms with Crippen molar-refractivity contribution in [3.05, 3.63) is 23.8 Å². The molecule has 0 amide bonds. The molecule has 1 aromatic carbocycles. The van der Waals surface area contributed by atoms with E-state index in [2.05, 4.69) is 0 Å². The summed E-state index contributed by atoms with van der Waals surface area (Å²) >= 11 is 0. The van der Waals surface area contributed by atoms with Gasteiger partial charge in [0.05, 0.1) is 18.6 Å². The van der Waals surface area contributed by atoms with E-state index in [1.165, 1.54) is 18.2 Å². The summed E-state index contributed by atoms with van der Waals surface area (Å²) in [6.45, 7) is 18.3. The molecule has 0 saturated carbocycles. The van der Waals surface area contributed by atoms with Crippen molar-refractivity contribution in [2.75, 3.05) is 13.2 Å². The SMILES string of the molecule is CCC(C)(C)C(=O)O[C@@H](C)CC(N)(Cc1ccc(OC(=O)OCC(C)(C)C)c(OC(=O)OCC(C)(C)C)c1)C(=O)O. The Labute approximate surface area is 243 Å². The molecule has 2 atom stereocenters. The largest absolute Gasteiger partial charge is 0.513 e. The minimum absolute atomic E-state index is 0.0612. The average molecular weight is 582 g/mol. The van der Waals surface area contributed by atoms with Crippen molar-refractivity contribution in [3.63, 3.8) is 0 Å². The standard InChI is InChI=1S/C30H47NO10/c1-11-29(9,10)24(34)39-19(2)15-30(31,23(32)33)16-20-12-13-21(40-25(35)37-17-27(3,4)5)22(14-20)41-26(36)38-18-28(6,7)8/h12-14,19H,11,15-18,31H2,1-10H3,(H,32,33)/t19-,30?/m0/s1. The summed E-state index contributed by atoms with van der Waals surface area (Å²) in [5.74, 6) is -2.09. The number of hydrogen-bond acceptors (Lipinski definition) is 10. The van der Waals surface area contributed by atoms with Crippen LogP contribution in [0.4, 0.5) is 9.59 Å². The Bertz CT molecular complexity index is 1080. The molecule has 0 aliphatic carbocycles.